The fourth-order valence-corrected chi connectivity index (χ4v) is 1.84. The van der Waals surface area contributed by atoms with Gasteiger partial charge >= 0.3 is 21.0 Å². The maximum atomic E-state index is 11.0. The van der Waals surface area contributed by atoms with E-state index in [4.69, 9.17) is 9.59 Å². The lowest BCUT2D eigenvalue weighted by Gasteiger charge is -2.14. The number of carbonyl (C=O) groups excluding carboxylic acids is 2. The Balaban J connectivity index is 0. The van der Waals surface area contributed by atoms with E-state index in [1.807, 2.05) is 0 Å². The lowest BCUT2D eigenvalue weighted by atomic mass is 10.2. The molecule has 11 heteroatoms. The molecular formula is C16H26O10Si. The molecule has 0 heterocycles. The van der Waals surface area contributed by atoms with Crippen molar-refractivity contribution >= 4 is 21.0 Å². The molecule has 0 aliphatic rings. The van der Waals surface area contributed by atoms with E-state index in [-0.39, 0.29) is 26.4 Å². The molecule has 0 spiro atoms. The van der Waals surface area contributed by atoms with Crippen LogP contribution in [0.5, 0.6) is 0 Å². The second-order valence-electron chi connectivity index (χ2n) is 4.47. The van der Waals surface area contributed by atoms with Gasteiger partial charge in [0.15, 0.2) is 12.2 Å². The highest BCUT2D eigenvalue weighted by atomic mass is 28.4. The molecule has 0 saturated carbocycles. The van der Waals surface area contributed by atoms with Crippen molar-refractivity contribution in [3.63, 3.8) is 0 Å². The Kier molecular flexibility index (Phi) is 16.1. The van der Waals surface area contributed by atoms with Crippen LogP contribution >= 0.6 is 0 Å². The molecule has 0 aromatic rings. The minimum absolute atomic E-state index is 0.0658. The average Bonchev–Trinajstić information content (AvgIpc) is 2.66. The third-order valence-electron chi connectivity index (χ3n) is 2.25. The summed E-state index contributed by atoms with van der Waals surface area (Å²) in [5, 5.41) is 18.4. The van der Waals surface area contributed by atoms with E-state index in [2.05, 4.69) is 44.6 Å². The fourth-order valence-electron chi connectivity index (χ4n) is 1.09. The Morgan fingerprint density at radius 2 is 1.04 bits per heavy atom. The third kappa shape index (κ3) is 14.7. The van der Waals surface area contributed by atoms with Crippen molar-refractivity contribution in [1.29, 1.82) is 0 Å². The molecule has 27 heavy (non-hydrogen) atoms. The number of hydrogen-bond donors (Lipinski definition) is 4. The van der Waals surface area contributed by atoms with Crippen LogP contribution in [0.1, 0.15) is 0 Å². The predicted octanol–water partition coefficient (Wildman–Crippen LogP) is -1.02. The van der Waals surface area contributed by atoms with Crippen molar-refractivity contribution in [2.75, 3.05) is 26.4 Å². The van der Waals surface area contributed by atoms with Crippen molar-refractivity contribution in [1.82, 2.24) is 0 Å². The summed E-state index contributed by atoms with van der Waals surface area (Å²) in [6, 6.07) is 0. The first-order valence-electron chi connectivity index (χ1n) is 7.52. The van der Waals surface area contributed by atoms with Crippen LogP contribution < -0.4 is 0 Å². The second-order valence-corrected chi connectivity index (χ2v) is 6.15. The van der Waals surface area contributed by atoms with Gasteiger partial charge in [-0.2, -0.15) is 0 Å². The third-order valence-corrected chi connectivity index (χ3v) is 3.33. The summed E-state index contributed by atoms with van der Waals surface area (Å²) in [4.78, 5) is 39.9. The minimum Gasteiger partial charge on any atom is -0.459 e. The van der Waals surface area contributed by atoms with E-state index in [0.29, 0.717) is 0 Å². The van der Waals surface area contributed by atoms with Crippen molar-refractivity contribution in [3.8, 4) is 0 Å². The van der Waals surface area contributed by atoms with Crippen LogP contribution in [0.15, 0.2) is 50.6 Å². The molecule has 2 unspecified atom stereocenters. The second kappa shape index (κ2) is 16.1. The van der Waals surface area contributed by atoms with Crippen molar-refractivity contribution in [2.24, 2.45) is 0 Å². The molecule has 0 rings (SSSR count). The molecule has 0 amide bonds. The van der Waals surface area contributed by atoms with Gasteiger partial charge in [0.2, 0.25) is 0 Å². The number of carbonyl (C=O) groups is 2. The van der Waals surface area contributed by atoms with Gasteiger partial charge in [-0.3, -0.25) is 0 Å². The predicted molar refractivity (Wildman–Crippen MR) is 96.8 cm³/mol. The number of rotatable bonds is 13. The summed E-state index contributed by atoms with van der Waals surface area (Å²) in [7, 11) is -3.89. The Bertz CT molecular complexity index is 450. The monoisotopic (exact) mass is 406 g/mol. The summed E-state index contributed by atoms with van der Waals surface area (Å²) in [6.45, 7) is 13.2. The standard InChI is InChI=1S/C10H14O6.C6H12O4Si/c1-3-5-15-9(13)7(11)8(12)10(14)16-6-4-2;1-3-5-9-11(7,8)10-6-4-2/h3-4,7-8,11-12H,1-2,5-6H2;3-4,7-8H,1-2,5-6H2. The topological polar surface area (TPSA) is 152 Å². The van der Waals surface area contributed by atoms with Gasteiger partial charge < -0.3 is 38.1 Å². The Morgan fingerprint density at radius 1 is 0.741 bits per heavy atom. The number of esters is 2. The van der Waals surface area contributed by atoms with Gasteiger partial charge in [-0.25, -0.2) is 9.59 Å². The van der Waals surface area contributed by atoms with Gasteiger partial charge in [0, 0.05) is 0 Å². The summed E-state index contributed by atoms with van der Waals surface area (Å²) in [5.41, 5.74) is 0. The highest BCUT2D eigenvalue weighted by Crippen LogP contribution is 2.00. The van der Waals surface area contributed by atoms with Crippen LogP contribution in [-0.2, 0) is 27.9 Å². The van der Waals surface area contributed by atoms with Crippen LogP contribution in [0.4, 0.5) is 0 Å². The maximum absolute atomic E-state index is 11.0. The Morgan fingerprint density at radius 3 is 1.30 bits per heavy atom. The smallest absolute Gasteiger partial charge is 0.459 e. The van der Waals surface area contributed by atoms with Crippen LogP contribution in [0, 0.1) is 0 Å². The average molecular weight is 406 g/mol. The number of aliphatic hydroxyl groups is 2. The summed E-state index contributed by atoms with van der Waals surface area (Å²) >= 11 is 0. The minimum atomic E-state index is -3.89. The summed E-state index contributed by atoms with van der Waals surface area (Å²) in [5.74, 6) is -2.24. The van der Waals surface area contributed by atoms with Crippen LogP contribution in [0.2, 0.25) is 0 Å². The van der Waals surface area contributed by atoms with Crippen molar-refractivity contribution in [3.05, 3.63) is 50.6 Å². The SMILES string of the molecule is C=CCOC(=O)C(O)C(O)C(=O)OCC=C.C=CCO[Si](O)(O)OCC=C. The van der Waals surface area contributed by atoms with Gasteiger partial charge in [0.1, 0.15) is 13.2 Å². The van der Waals surface area contributed by atoms with E-state index in [1.165, 1.54) is 24.3 Å². The van der Waals surface area contributed by atoms with E-state index < -0.39 is 33.2 Å². The highest BCUT2D eigenvalue weighted by Gasteiger charge is 2.35. The van der Waals surface area contributed by atoms with Crippen LogP contribution in [-0.4, -0.2) is 79.4 Å². The van der Waals surface area contributed by atoms with Crippen molar-refractivity contribution < 1.29 is 47.7 Å². The van der Waals surface area contributed by atoms with Crippen LogP contribution in [0.25, 0.3) is 0 Å². The van der Waals surface area contributed by atoms with Crippen LogP contribution in [0.3, 0.4) is 0 Å². The first kappa shape index (κ1) is 27.1. The van der Waals surface area contributed by atoms with Gasteiger partial charge in [-0.15, -0.1) is 13.2 Å². The number of aliphatic hydroxyl groups excluding tert-OH is 2. The first-order chi connectivity index (χ1) is 12.7. The zero-order valence-electron chi connectivity index (χ0n) is 14.9. The normalized spacial score (nSPS) is 12.4. The molecule has 2 atom stereocenters. The molecule has 4 N–H and O–H groups in total. The summed E-state index contributed by atoms with van der Waals surface area (Å²) < 4.78 is 18.0. The molecular weight excluding hydrogens is 380 g/mol. The van der Waals surface area contributed by atoms with E-state index in [9.17, 15) is 19.8 Å². The Labute approximate surface area is 158 Å². The molecule has 0 radical (unpaired) electrons. The Hall–Kier alpha value is -2.12. The molecule has 0 saturated heterocycles. The van der Waals surface area contributed by atoms with E-state index >= 15 is 0 Å². The quantitative estimate of drug-likeness (QED) is 0.170. The lowest BCUT2D eigenvalue weighted by molar-refractivity contribution is -0.171. The molecule has 154 valence electrons. The number of ether oxygens (including phenoxy) is 2. The van der Waals surface area contributed by atoms with E-state index in [0.717, 1.165) is 0 Å². The first-order valence-corrected chi connectivity index (χ1v) is 9.23. The maximum Gasteiger partial charge on any atom is 0.674 e. The largest absolute Gasteiger partial charge is 0.674 e. The van der Waals surface area contributed by atoms with Gasteiger partial charge in [0.05, 0.1) is 13.2 Å². The zero-order chi connectivity index (χ0) is 21.3. The molecule has 0 aromatic carbocycles. The molecule has 0 fully saturated rings. The fraction of sp³-hybridized carbons (Fsp3) is 0.375. The zero-order valence-corrected chi connectivity index (χ0v) is 15.9. The molecule has 10 nitrogen and oxygen atoms in total. The lowest BCUT2D eigenvalue weighted by Crippen LogP contribution is -2.42. The van der Waals surface area contributed by atoms with Gasteiger partial charge in [0.25, 0.3) is 0 Å². The van der Waals surface area contributed by atoms with Crippen molar-refractivity contribution in [2.45, 2.75) is 12.2 Å². The molecule has 0 aromatic heterocycles. The van der Waals surface area contributed by atoms with E-state index in [1.54, 1.807) is 0 Å². The molecule has 0 bridgehead atoms. The molecule has 0 aliphatic carbocycles. The molecule has 0 aliphatic heterocycles. The highest BCUT2D eigenvalue weighted by molar-refractivity contribution is 6.50. The summed E-state index contributed by atoms with van der Waals surface area (Å²) in [6.07, 6.45) is 1.44. The van der Waals surface area contributed by atoms with Gasteiger partial charge in [-0.1, -0.05) is 37.5 Å². The van der Waals surface area contributed by atoms with Gasteiger partial charge in [-0.05, 0) is 0 Å². The number of hydrogen-bond acceptors (Lipinski definition) is 10.